The maximum Gasteiger partial charge on any atom is 0.0809 e. The van der Waals surface area contributed by atoms with Crippen molar-refractivity contribution in [3.63, 3.8) is 0 Å². The van der Waals surface area contributed by atoms with Crippen LogP contribution in [0.15, 0.2) is 24.3 Å². The van der Waals surface area contributed by atoms with E-state index in [1.807, 2.05) is 24.3 Å². The van der Waals surface area contributed by atoms with Gasteiger partial charge < -0.3 is 9.74 Å². The average molecular weight is 257 g/mol. The summed E-state index contributed by atoms with van der Waals surface area (Å²) in [7, 11) is 0. The molecule has 1 N–H and O–H groups in total. The molecule has 0 unspecified atom stereocenters. The van der Waals surface area contributed by atoms with Crippen molar-refractivity contribution in [2.75, 3.05) is 26.2 Å². The van der Waals surface area contributed by atoms with Crippen LogP contribution in [0, 0.1) is 0 Å². The Morgan fingerprint density at radius 3 is 2.41 bits per heavy atom. The van der Waals surface area contributed by atoms with E-state index in [2.05, 4.69) is 24.2 Å². The molecule has 0 saturated carbocycles. The Morgan fingerprint density at radius 2 is 1.82 bits per heavy atom. The van der Waals surface area contributed by atoms with Gasteiger partial charge in [0.1, 0.15) is 0 Å². The summed E-state index contributed by atoms with van der Waals surface area (Å²) in [6.07, 6.45) is 0. The highest BCUT2D eigenvalue weighted by Gasteiger charge is 1.98. The first-order valence-corrected chi connectivity index (χ1v) is 6.45. The van der Waals surface area contributed by atoms with E-state index in [1.165, 1.54) is 0 Å². The van der Waals surface area contributed by atoms with Gasteiger partial charge in [-0.15, -0.1) is 0 Å². The summed E-state index contributed by atoms with van der Waals surface area (Å²) in [6.45, 7) is 8.81. The molecule has 96 valence electrons. The molecular weight excluding hydrogens is 236 g/mol. The lowest BCUT2D eigenvalue weighted by molar-refractivity contribution is 0.0234. The van der Waals surface area contributed by atoms with E-state index < -0.39 is 0 Å². The van der Waals surface area contributed by atoms with Gasteiger partial charge in [-0.1, -0.05) is 37.6 Å². The highest BCUT2D eigenvalue weighted by molar-refractivity contribution is 6.30. The monoisotopic (exact) mass is 256 g/mol. The predicted molar refractivity (Wildman–Crippen MR) is 72.0 cm³/mol. The molecule has 0 amide bonds. The van der Waals surface area contributed by atoms with Crippen molar-refractivity contribution in [1.82, 2.24) is 10.4 Å². The molecule has 0 heterocycles. The van der Waals surface area contributed by atoms with Crippen LogP contribution in [0.2, 0.25) is 5.02 Å². The van der Waals surface area contributed by atoms with E-state index >= 15 is 0 Å². The number of nitrogens with zero attached hydrogens (tertiary/aromatic N) is 1. The van der Waals surface area contributed by atoms with E-state index in [0.29, 0.717) is 13.2 Å². The summed E-state index contributed by atoms with van der Waals surface area (Å²) in [6, 6.07) is 7.75. The van der Waals surface area contributed by atoms with E-state index in [0.717, 1.165) is 30.2 Å². The third-order valence-corrected chi connectivity index (χ3v) is 2.95. The highest BCUT2D eigenvalue weighted by Crippen LogP contribution is 2.08. The van der Waals surface area contributed by atoms with Crippen LogP contribution in [0.5, 0.6) is 0 Å². The Bertz CT molecular complexity index is 299. The molecule has 0 bridgehead atoms. The highest BCUT2D eigenvalue weighted by atomic mass is 35.5. The smallest absolute Gasteiger partial charge is 0.0809 e. The maximum atomic E-state index is 5.81. The average Bonchev–Trinajstić information content (AvgIpc) is 2.36. The summed E-state index contributed by atoms with van der Waals surface area (Å²) in [5.41, 5.74) is 4.12. The molecule has 1 aromatic carbocycles. The molecule has 0 spiro atoms. The van der Waals surface area contributed by atoms with E-state index in [-0.39, 0.29) is 0 Å². The van der Waals surface area contributed by atoms with Crippen LogP contribution in [-0.2, 0) is 11.4 Å². The van der Waals surface area contributed by atoms with Crippen LogP contribution in [-0.4, -0.2) is 31.1 Å². The van der Waals surface area contributed by atoms with Crippen LogP contribution in [0.25, 0.3) is 0 Å². The summed E-state index contributed by atoms with van der Waals surface area (Å²) in [5, 5.41) is 0.760. The third-order valence-electron chi connectivity index (χ3n) is 2.70. The number of benzene rings is 1. The number of nitrogens with one attached hydrogen (secondary N) is 1. The molecule has 4 heteroatoms. The summed E-state index contributed by atoms with van der Waals surface area (Å²) in [5.74, 6) is 0. The largest absolute Gasteiger partial charge is 0.302 e. The number of hydrogen-bond acceptors (Lipinski definition) is 3. The fraction of sp³-hybridized carbons (Fsp3) is 0.538. The number of halogens is 1. The van der Waals surface area contributed by atoms with Crippen molar-refractivity contribution in [2.45, 2.75) is 20.4 Å². The molecular formula is C13H21ClN2O. The van der Waals surface area contributed by atoms with Gasteiger partial charge in [-0.2, -0.15) is 5.48 Å². The fourth-order valence-corrected chi connectivity index (χ4v) is 1.65. The molecule has 3 nitrogen and oxygen atoms in total. The Kier molecular flexibility index (Phi) is 7.21. The van der Waals surface area contributed by atoms with Gasteiger partial charge in [0.05, 0.1) is 6.61 Å². The lowest BCUT2D eigenvalue weighted by Crippen LogP contribution is -2.29. The normalized spacial score (nSPS) is 11.1. The zero-order valence-corrected chi connectivity index (χ0v) is 11.3. The van der Waals surface area contributed by atoms with Gasteiger partial charge in [-0.25, -0.2) is 0 Å². The second-order valence-corrected chi connectivity index (χ2v) is 4.26. The zero-order chi connectivity index (χ0) is 12.5. The van der Waals surface area contributed by atoms with Gasteiger partial charge in [0.2, 0.25) is 0 Å². The summed E-state index contributed by atoms with van der Waals surface area (Å²) >= 11 is 5.81. The number of hydrogen-bond donors (Lipinski definition) is 1. The number of likely N-dealkylation sites (N-methyl/N-ethyl adjacent to an activating group) is 1. The molecule has 0 fully saturated rings. The van der Waals surface area contributed by atoms with E-state index in [1.54, 1.807) is 0 Å². The van der Waals surface area contributed by atoms with Crippen LogP contribution >= 0.6 is 11.6 Å². The van der Waals surface area contributed by atoms with Gasteiger partial charge >= 0.3 is 0 Å². The van der Waals surface area contributed by atoms with Crippen molar-refractivity contribution in [3.8, 4) is 0 Å². The van der Waals surface area contributed by atoms with Crippen LogP contribution in [0.3, 0.4) is 0 Å². The van der Waals surface area contributed by atoms with Crippen molar-refractivity contribution >= 4 is 11.6 Å². The molecule has 0 aliphatic heterocycles. The first-order valence-electron chi connectivity index (χ1n) is 6.07. The minimum absolute atomic E-state index is 0.704. The third kappa shape index (κ3) is 6.03. The minimum atomic E-state index is 0.704. The molecule has 0 aliphatic carbocycles. The van der Waals surface area contributed by atoms with Crippen molar-refractivity contribution in [2.24, 2.45) is 0 Å². The SMILES string of the molecule is CCN(CC)CCONCc1ccc(Cl)cc1. The zero-order valence-electron chi connectivity index (χ0n) is 10.6. The Labute approximate surface area is 109 Å². The van der Waals surface area contributed by atoms with Crippen LogP contribution in [0.1, 0.15) is 19.4 Å². The predicted octanol–water partition coefficient (Wildman–Crippen LogP) is 2.70. The fourth-order valence-electron chi connectivity index (χ4n) is 1.52. The Morgan fingerprint density at radius 1 is 1.18 bits per heavy atom. The topological polar surface area (TPSA) is 24.5 Å². The molecule has 0 aliphatic rings. The molecule has 1 aromatic rings. The van der Waals surface area contributed by atoms with Crippen molar-refractivity contribution < 1.29 is 4.84 Å². The summed E-state index contributed by atoms with van der Waals surface area (Å²) < 4.78 is 0. The number of rotatable bonds is 8. The molecule has 17 heavy (non-hydrogen) atoms. The van der Waals surface area contributed by atoms with Gasteiger partial charge in [0.25, 0.3) is 0 Å². The van der Waals surface area contributed by atoms with Gasteiger partial charge in [-0.3, -0.25) is 0 Å². The first-order chi connectivity index (χ1) is 8.26. The minimum Gasteiger partial charge on any atom is -0.302 e. The van der Waals surface area contributed by atoms with E-state index in [9.17, 15) is 0 Å². The molecule has 0 aromatic heterocycles. The second-order valence-electron chi connectivity index (χ2n) is 3.82. The van der Waals surface area contributed by atoms with Crippen molar-refractivity contribution in [1.29, 1.82) is 0 Å². The standard InChI is InChI=1S/C13H21ClN2O/c1-3-16(4-2)9-10-17-15-11-12-5-7-13(14)8-6-12/h5-8,15H,3-4,9-11H2,1-2H3. The van der Waals surface area contributed by atoms with Crippen LogP contribution in [0.4, 0.5) is 0 Å². The maximum absolute atomic E-state index is 5.81. The molecule has 1 rings (SSSR count). The van der Waals surface area contributed by atoms with Gasteiger partial charge in [0.15, 0.2) is 0 Å². The second kappa shape index (κ2) is 8.48. The molecule has 0 radical (unpaired) electrons. The lowest BCUT2D eigenvalue weighted by atomic mass is 10.2. The first kappa shape index (κ1) is 14.5. The molecule has 0 saturated heterocycles. The van der Waals surface area contributed by atoms with Gasteiger partial charge in [0, 0.05) is 18.1 Å². The Hall–Kier alpha value is -0.610. The van der Waals surface area contributed by atoms with Crippen LogP contribution < -0.4 is 5.48 Å². The lowest BCUT2D eigenvalue weighted by Gasteiger charge is -2.17. The number of hydroxylamine groups is 1. The summed E-state index contributed by atoms with van der Waals surface area (Å²) in [4.78, 5) is 7.70. The quantitative estimate of drug-likeness (QED) is 0.572. The van der Waals surface area contributed by atoms with Gasteiger partial charge in [-0.05, 0) is 30.8 Å². The Balaban J connectivity index is 2.10. The molecule has 0 atom stereocenters. The van der Waals surface area contributed by atoms with E-state index in [4.69, 9.17) is 16.4 Å². The van der Waals surface area contributed by atoms with Crippen molar-refractivity contribution in [3.05, 3.63) is 34.9 Å².